The molecule has 0 spiro atoms. The van der Waals surface area contributed by atoms with Crippen molar-refractivity contribution < 1.29 is 22.5 Å². The minimum absolute atomic E-state index is 0.181. The van der Waals surface area contributed by atoms with Gasteiger partial charge in [0.2, 0.25) is 0 Å². The van der Waals surface area contributed by atoms with Crippen LogP contribution in [0, 0.1) is 6.92 Å². The monoisotopic (exact) mass is 284 g/mol. The van der Waals surface area contributed by atoms with Crippen molar-refractivity contribution in [3.05, 3.63) is 35.4 Å². The average Bonchev–Trinajstić information content (AvgIpc) is 2.27. The topological polar surface area (TPSA) is 80.7 Å². The fraction of sp³-hybridized carbons (Fsp3) is 0.308. The number of hydrogen-bond donors (Lipinski definition) is 1. The van der Waals surface area contributed by atoms with Crippen LogP contribution in [0.15, 0.2) is 29.2 Å². The molecule has 1 rings (SSSR count). The Morgan fingerprint density at radius 3 is 2.42 bits per heavy atom. The van der Waals surface area contributed by atoms with Crippen LogP contribution in [0.4, 0.5) is 0 Å². The summed E-state index contributed by atoms with van der Waals surface area (Å²) in [6, 6.07) is 2.57. The van der Waals surface area contributed by atoms with E-state index in [1.807, 2.05) is 0 Å². The first-order chi connectivity index (χ1) is 8.68. The summed E-state index contributed by atoms with van der Waals surface area (Å²) in [6.45, 7) is 8.35. The third-order valence-electron chi connectivity index (χ3n) is 2.69. The number of rotatable bonds is 4. The van der Waals surface area contributed by atoms with Gasteiger partial charge in [0.1, 0.15) is 5.75 Å². The maximum absolute atomic E-state index is 11.5. The van der Waals surface area contributed by atoms with Crippen LogP contribution in [0.1, 0.15) is 25.0 Å². The molecule has 0 fully saturated rings. The van der Waals surface area contributed by atoms with E-state index >= 15 is 0 Å². The van der Waals surface area contributed by atoms with Gasteiger partial charge in [-0.15, -0.1) is 0 Å². The van der Waals surface area contributed by atoms with Crippen molar-refractivity contribution in [2.75, 3.05) is 0 Å². The molecule has 19 heavy (non-hydrogen) atoms. The first-order valence-corrected chi connectivity index (χ1v) is 7.10. The average molecular weight is 284 g/mol. The Bertz CT molecular complexity index is 629. The maximum atomic E-state index is 11.5. The molecule has 0 saturated heterocycles. The van der Waals surface area contributed by atoms with Crippen molar-refractivity contribution in [2.24, 2.45) is 0 Å². The van der Waals surface area contributed by atoms with Gasteiger partial charge in [0.25, 0.3) is 10.1 Å². The number of hydrogen-bond acceptors (Lipinski definition) is 4. The first-order valence-electron chi connectivity index (χ1n) is 5.66. The smallest absolute Gasteiger partial charge is 0.338 e. The van der Waals surface area contributed by atoms with Gasteiger partial charge in [0.05, 0.1) is 4.90 Å². The lowest BCUT2D eigenvalue weighted by molar-refractivity contribution is -0.130. The predicted octanol–water partition coefficient (Wildman–Crippen LogP) is 2.29. The molecule has 6 heteroatoms. The molecule has 0 amide bonds. The number of ether oxygens (including phenoxy) is 1. The van der Waals surface area contributed by atoms with E-state index in [1.165, 1.54) is 19.1 Å². The van der Waals surface area contributed by atoms with E-state index in [0.29, 0.717) is 17.5 Å². The second-order valence-electron chi connectivity index (χ2n) is 4.16. The van der Waals surface area contributed by atoms with E-state index in [0.717, 1.165) is 0 Å². The third-order valence-corrected chi connectivity index (χ3v) is 3.69. The molecule has 1 aromatic rings. The van der Waals surface area contributed by atoms with E-state index in [9.17, 15) is 13.2 Å². The summed E-state index contributed by atoms with van der Waals surface area (Å²) < 4.78 is 36.6. The molecule has 104 valence electrons. The standard InChI is InChI=1S/C13H16O5S/c1-5-10-9(4)12(19(15,16)17)7-6-11(10)18-13(14)8(2)3/h6-7H,2,5H2,1,3-4H3,(H,15,16,17). The van der Waals surface area contributed by atoms with E-state index < -0.39 is 16.1 Å². The molecule has 0 unspecified atom stereocenters. The molecule has 0 aliphatic rings. The quantitative estimate of drug-likeness (QED) is 0.397. The van der Waals surface area contributed by atoms with Gasteiger partial charge in [-0.2, -0.15) is 8.42 Å². The molecule has 0 aliphatic carbocycles. The van der Waals surface area contributed by atoms with Crippen LogP contribution in [0.5, 0.6) is 5.75 Å². The summed E-state index contributed by atoms with van der Waals surface area (Å²) in [6.07, 6.45) is 0.466. The van der Waals surface area contributed by atoms with Crippen molar-refractivity contribution >= 4 is 16.1 Å². The van der Waals surface area contributed by atoms with Crippen molar-refractivity contribution in [1.29, 1.82) is 0 Å². The Balaban J connectivity index is 3.35. The van der Waals surface area contributed by atoms with Gasteiger partial charge in [0, 0.05) is 5.57 Å². The molecular weight excluding hydrogens is 268 g/mol. The molecule has 0 aliphatic heterocycles. The van der Waals surface area contributed by atoms with Crippen molar-refractivity contribution in [3.8, 4) is 5.75 Å². The number of carbonyl (C=O) groups excluding carboxylic acids is 1. The second-order valence-corrected chi connectivity index (χ2v) is 5.55. The summed E-state index contributed by atoms with van der Waals surface area (Å²) in [5.74, 6) is -0.297. The lowest BCUT2D eigenvalue weighted by Gasteiger charge is -2.13. The van der Waals surface area contributed by atoms with Crippen molar-refractivity contribution in [1.82, 2.24) is 0 Å². The maximum Gasteiger partial charge on any atom is 0.338 e. The van der Waals surface area contributed by atoms with Crippen LogP contribution in [-0.4, -0.2) is 18.9 Å². The normalized spacial score (nSPS) is 11.2. The summed E-state index contributed by atoms with van der Waals surface area (Å²) in [7, 11) is -4.29. The van der Waals surface area contributed by atoms with E-state index in [2.05, 4.69) is 6.58 Å². The highest BCUT2D eigenvalue weighted by molar-refractivity contribution is 7.85. The second kappa shape index (κ2) is 5.54. The van der Waals surface area contributed by atoms with Crippen molar-refractivity contribution in [2.45, 2.75) is 32.1 Å². The van der Waals surface area contributed by atoms with Crippen molar-refractivity contribution in [3.63, 3.8) is 0 Å². The lowest BCUT2D eigenvalue weighted by atomic mass is 10.1. The number of esters is 1. The molecule has 0 heterocycles. The summed E-state index contributed by atoms with van der Waals surface area (Å²) in [5.41, 5.74) is 1.18. The van der Waals surface area contributed by atoms with Gasteiger partial charge in [-0.1, -0.05) is 13.5 Å². The van der Waals surface area contributed by atoms with Gasteiger partial charge in [0.15, 0.2) is 0 Å². The summed E-state index contributed by atoms with van der Waals surface area (Å²) in [5, 5.41) is 0. The fourth-order valence-corrected chi connectivity index (χ4v) is 2.46. The Kier molecular flexibility index (Phi) is 4.49. The van der Waals surface area contributed by atoms with E-state index in [4.69, 9.17) is 9.29 Å². The lowest BCUT2D eigenvalue weighted by Crippen LogP contribution is -2.11. The minimum atomic E-state index is -4.29. The van der Waals surface area contributed by atoms with Gasteiger partial charge in [-0.25, -0.2) is 4.79 Å². The Hall–Kier alpha value is -1.66. The van der Waals surface area contributed by atoms with E-state index in [-0.39, 0.29) is 16.2 Å². The number of carbonyl (C=O) groups is 1. The largest absolute Gasteiger partial charge is 0.423 e. The van der Waals surface area contributed by atoms with Gasteiger partial charge in [-0.05, 0) is 43.5 Å². The van der Waals surface area contributed by atoms with Crippen LogP contribution >= 0.6 is 0 Å². The Morgan fingerprint density at radius 1 is 1.42 bits per heavy atom. The minimum Gasteiger partial charge on any atom is -0.423 e. The van der Waals surface area contributed by atoms with Crippen LogP contribution in [0.2, 0.25) is 0 Å². The molecule has 1 aromatic carbocycles. The highest BCUT2D eigenvalue weighted by atomic mass is 32.2. The fourth-order valence-electron chi connectivity index (χ4n) is 1.71. The molecule has 1 N–H and O–H groups in total. The van der Waals surface area contributed by atoms with Gasteiger partial charge < -0.3 is 4.74 Å². The van der Waals surface area contributed by atoms with E-state index in [1.54, 1.807) is 13.8 Å². The molecule has 0 atom stereocenters. The van der Waals surface area contributed by atoms with Crippen LogP contribution in [0.25, 0.3) is 0 Å². The SMILES string of the molecule is C=C(C)C(=O)Oc1ccc(S(=O)(=O)O)c(C)c1CC. The van der Waals surface area contributed by atoms with Crippen LogP contribution in [0.3, 0.4) is 0 Å². The highest BCUT2D eigenvalue weighted by Crippen LogP contribution is 2.28. The molecule has 5 nitrogen and oxygen atoms in total. The molecule has 0 saturated carbocycles. The number of benzene rings is 1. The predicted molar refractivity (Wildman–Crippen MR) is 70.8 cm³/mol. The van der Waals surface area contributed by atoms with Crippen LogP contribution in [-0.2, 0) is 21.3 Å². The molecule has 0 aromatic heterocycles. The Morgan fingerprint density at radius 2 is 2.00 bits per heavy atom. The van der Waals surface area contributed by atoms with Crippen LogP contribution < -0.4 is 4.74 Å². The molecule has 0 radical (unpaired) electrons. The third kappa shape index (κ3) is 3.42. The summed E-state index contributed by atoms with van der Waals surface area (Å²) in [4.78, 5) is 11.3. The zero-order chi connectivity index (χ0) is 14.8. The van der Waals surface area contributed by atoms with Gasteiger partial charge in [-0.3, -0.25) is 4.55 Å². The Labute approximate surface area is 112 Å². The van der Waals surface area contributed by atoms with Gasteiger partial charge >= 0.3 is 5.97 Å². The summed E-state index contributed by atoms with van der Waals surface area (Å²) >= 11 is 0. The molecular formula is C13H16O5S. The first kappa shape index (κ1) is 15.4. The zero-order valence-electron chi connectivity index (χ0n) is 11.1. The zero-order valence-corrected chi connectivity index (χ0v) is 11.9. The molecule has 0 bridgehead atoms. The highest BCUT2D eigenvalue weighted by Gasteiger charge is 2.19.